The lowest BCUT2D eigenvalue weighted by Crippen LogP contribution is -2.30. The minimum atomic E-state index is -0.0880. The van der Waals surface area contributed by atoms with E-state index in [2.05, 4.69) is 0 Å². The number of rotatable bonds is 4. The van der Waals surface area contributed by atoms with Crippen LogP contribution in [0.4, 0.5) is 0 Å². The Hall–Kier alpha value is -2.11. The average Bonchev–Trinajstić information content (AvgIpc) is 2.89. The Bertz CT molecular complexity index is 802. The Kier molecular flexibility index (Phi) is 5.02. The summed E-state index contributed by atoms with van der Waals surface area (Å²) in [5.41, 5.74) is 1.98. The summed E-state index contributed by atoms with van der Waals surface area (Å²) in [4.78, 5) is 15.1. The summed E-state index contributed by atoms with van der Waals surface area (Å²) < 4.78 is 5.82. The number of carbonyl (C=O) groups excluding carboxylic acids is 1. The summed E-state index contributed by atoms with van der Waals surface area (Å²) >= 11 is 6.78. The van der Waals surface area contributed by atoms with Crippen LogP contribution in [0.2, 0.25) is 0 Å². The molecule has 0 bridgehead atoms. The first-order chi connectivity index (χ1) is 11.6. The third kappa shape index (κ3) is 3.37. The van der Waals surface area contributed by atoms with Crippen LogP contribution >= 0.6 is 24.0 Å². The van der Waals surface area contributed by atoms with Gasteiger partial charge in [0.1, 0.15) is 10.1 Å². The quantitative estimate of drug-likeness (QED) is 0.589. The van der Waals surface area contributed by atoms with Gasteiger partial charge < -0.3 is 4.74 Å². The molecule has 0 radical (unpaired) electrons. The molecule has 1 fully saturated rings. The van der Waals surface area contributed by atoms with Gasteiger partial charge in [-0.3, -0.25) is 9.69 Å². The van der Waals surface area contributed by atoms with E-state index >= 15 is 0 Å². The van der Waals surface area contributed by atoms with E-state index in [1.807, 2.05) is 67.6 Å². The molecule has 3 nitrogen and oxygen atoms in total. The minimum absolute atomic E-state index is 0.0517. The van der Waals surface area contributed by atoms with E-state index in [9.17, 15) is 4.79 Å². The molecule has 24 heavy (non-hydrogen) atoms. The second kappa shape index (κ2) is 7.20. The van der Waals surface area contributed by atoms with Crippen molar-refractivity contribution in [3.05, 3.63) is 70.6 Å². The number of ether oxygens (including phenoxy) is 1. The van der Waals surface area contributed by atoms with Gasteiger partial charge in [0.2, 0.25) is 0 Å². The van der Waals surface area contributed by atoms with E-state index < -0.39 is 0 Å². The van der Waals surface area contributed by atoms with Crippen LogP contribution in [0.15, 0.2) is 59.5 Å². The fourth-order valence-corrected chi connectivity index (χ4v) is 4.00. The lowest BCUT2D eigenvalue weighted by Gasteiger charge is -2.23. The average molecular weight is 355 g/mol. The van der Waals surface area contributed by atoms with Crippen molar-refractivity contribution in [1.82, 2.24) is 4.90 Å². The first-order valence-corrected chi connectivity index (χ1v) is 8.78. The van der Waals surface area contributed by atoms with E-state index in [0.717, 1.165) is 16.9 Å². The van der Waals surface area contributed by atoms with Crippen LogP contribution in [-0.2, 0) is 4.79 Å². The van der Waals surface area contributed by atoms with Crippen molar-refractivity contribution in [2.45, 2.75) is 13.0 Å². The molecule has 3 rings (SSSR count). The monoisotopic (exact) mass is 355 g/mol. The van der Waals surface area contributed by atoms with Gasteiger partial charge >= 0.3 is 0 Å². The van der Waals surface area contributed by atoms with Crippen LogP contribution in [0.3, 0.4) is 0 Å². The maximum Gasteiger partial charge on any atom is 0.266 e. The van der Waals surface area contributed by atoms with Crippen LogP contribution in [-0.4, -0.2) is 22.2 Å². The van der Waals surface area contributed by atoms with Gasteiger partial charge in [0.15, 0.2) is 0 Å². The topological polar surface area (TPSA) is 29.5 Å². The number of benzene rings is 2. The molecule has 0 unspecified atom stereocenters. The highest BCUT2D eigenvalue weighted by molar-refractivity contribution is 8.26. The van der Waals surface area contributed by atoms with Gasteiger partial charge in [-0.05, 0) is 36.3 Å². The smallest absolute Gasteiger partial charge is 0.266 e. The molecular weight excluding hydrogens is 338 g/mol. The van der Waals surface area contributed by atoms with Crippen molar-refractivity contribution in [2.24, 2.45) is 0 Å². The molecule has 5 heteroatoms. The van der Waals surface area contributed by atoms with Crippen molar-refractivity contribution in [3.63, 3.8) is 0 Å². The SMILES string of the molecule is COc1cccc(/C=C2\SC(=S)N([C@H](C)c3ccccc3)C2=O)c1. The molecule has 0 aliphatic carbocycles. The second-order valence-corrected chi connectivity index (χ2v) is 7.09. The molecule has 1 saturated heterocycles. The number of carbonyl (C=O) groups is 1. The summed E-state index contributed by atoms with van der Waals surface area (Å²) in [7, 11) is 1.63. The minimum Gasteiger partial charge on any atom is -0.497 e. The van der Waals surface area contributed by atoms with Gasteiger partial charge in [-0.15, -0.1) is 0 Å². The number of thioether (sulfide) groups is 1. The lowest BCUT2D eigenvalue weighted by atomic mass is 10.1. The second-order valence-electron chi connectivity index (χ2n) is 5.41. The first kappa shape index (κ1) is 16.7. The Labute approximate surface area is 151 Å². The molecule has 1 aliphatic heterocycles. The van der Waals surface area contributed by atoms with Crippen LogP contribution in [0, 0.1) is 0 Å². The van der Waals surface area contributed by atoms with Crippen LogP contribution in [0.5, 0.6) is 5.75 Å². The predicted octanol–water partition coefficient (Wildman–Crippen LogP) is 4.66. The standard InChI is InChI=1S/C19H17NO2S2/c1-13(15-8-4-3-5-9-15)20-18(21)17(24-19(20)23)12-14-7-6-10-16(11-14)22-2/h3-13H,1-2H3/b17-12-/t13-/m1/s1. The molecule has 1 aliphatic rings. The van der Waals surface area contributed by atoms with E-state index in [4.69, 9.17) is 17.0 Å². The molecule has 0 saturated carbocycles. The van der Waals surface area contributed by atoms with Crippen molar-refractivity contribution < 1.29 is 9.53 Å². The first-order valence-electron chi connectivity index (χ1n) is 7.56. The maximum atomic E-state index is 12.8. The summed E-state index contributed by atoms with van der Waals surface area (Å²) in [6.07, 6.45) is 1.86. The van der Waals surface area contributed by atoms with E-state index in [0.29, 0.717) is 9.23 Å². The maximum absolute atomic E-state index is 12.8. The largest absolute Gasteiger partial charge is 0.497 e. The summed E-state index contributed by atoms with van der Waals surface area (Å²) in [6, 6.07) is 17.4. The summed E-state index contributed by atoms with van der Waals surface area (Å²) in [5, 5.41) is 0. The van der Waals surface area contributed by atoms with Gasteiger partial charge in [-0.25, -0.2) is 0 Å². The fraction of sp³-hybridized carbons (Fsp3) is 0.158. The van der Waals surface area contributed by atoms with E-state index in [-0.39, 0.29) is 11.9 Å². The van der Waals surface area contributed by atoms with Crippen LogP contribution < -0.4 is 4.74 Å². The zero-order valence-electron chi connectivity index (χ0n) is 13.4. The predicted molar refractivity (Wildman–Crippen MR) is 103 cm³/mol. The molecule has 1 amide bonds. The molecule has 1 atom stereocenters. The van der Waals surface area contributed by atoms with Crippen LogP contribution in [0.1, 0.15) is 24.1 Å². The molecule has 2 aromatic carbocycles. The van der Waals surface area contributed by atoms with Crippen molar-refractivity contribution in [1.29, 1.82) is 0 Å². The highest BCUT2D eigenvalue weighted by Gasteiger charge is 2.35. The zero-order valence-corrected chi connectivity index (χ0v) is 15.1. The Morgan fingerprint density at radius 3 is 2.62 bits per heavy atom. The van der Waals surface area contributed by atoms with Gasteiger partial charge in [-0.2, -0.15) is 0 Å². The van der Waals surface area contributed by atoms with Gasteiger partial charge in [0.25, 0.3) is 5.91 Å². The lowest BCUT2D eigenvalue weighted by molar-refractivity contribution is -0.123. The van der Waals surface area contributed by atoms with Gasteiger partial charge in [-0.1, -0.05) is 66.4 Å². The number of methoxy groups -OCH3 is 1. The van der Waals surface area contributed by atoms with Crippen LogP contribution in [0.25, 0.3) is 6.08 Å². The highest BCUT2D eigenvalue weighted by Crippen LogP contribution is 2.38. The van der Waals surface area contributed by atoms with Gasteiger partial charge in [0.05, 0.1) is 18.1 Å². The van der Waals surface area contributed by atoms with Crippen molar-refractivity contribution in [2.75, 3.05) is 7.11 Å². The molecule has 122 valence electrons. The summed E-state index contributed by atoms with van der Waals surface area (Å²) in [6.45, 7) is 1.99. The number of nitrogens with zero attached hydrogens (tertiary/aromatic N) is 1. The number of hydrogen-bond acceptors (Lipinski definition) is 4. The highest BCUT2D eigenvalue weighted by atomic mass is 32.2. The number of amides is 1. The number of thiocarbonyl (C=S) groups is 1. The molecule has 2 aromatic rings. The fourth-order valence-electron chi connectivity index (χ4n) is 2.58. The van der Waals surface area contributed by atoms with E-state index in [1.165, 1.54) is 11.8 Å². The Morgan fingerprint density at radius 1 is 1.17 bits per heavy atom. The van der Waals surface area contributed by atoms with Crippen molar-refractivity contribution in [3.8, 4) is 5.75 Å². The number of hydrogen-bond donors (Lipinski definition) is 0. The molecule has 0 spiro atoms. The molecule has 0 aromatic heterocycles. The third-order valence-electron chi connectivity index (χ3n) is 3.88. The van der Waals surface area contributed by atoms with Crippen molar-refractivity contribution >= 4 is 40.3 Å². The van der Waals surface area contributed by atoms with Gasteiger partial charge in [0, 0.05) is 0 Å². The Balaban J connectivity index is 1.87. The summed E-state index contributed by atoms with van der Waals surface area (Å²) in [5.74, 6) is 0.709. The normalized spacial score (nSPS) is 17.4. The third-order valence-corrected chi connectivity index (χ3v) is 5.21. The Morgan fingerprint density at radius 2 is 1.92 bits per heavy atom. The van der Waals surface area contributed by atoms with E-state index in [1.54, 1.807) is 12.0 Å². The molecule has 0 N–H and O–H groups in total. The zero-order chi connectivity index (χ0) is 17.1. The molecule has 1 heterocycles. The molecular formula is C19H17NO2S2.